The van der Waals surface area contributed by atoms with E-state index in [0.717, 1.165) is 30.3 Å². The summed E-state index contributed by atoms with van der Waals surface area (Å²) in [6.07, 6.45) is 0.635. The Kier molecular flexibility index (Phi) is 5.01. The molecule has 8 heteroatoms. The molecule has 0 radical (unpaired) electrons. The van der Waals surface area contributed by atoms with Crippen molar-refractivity contribution in [3.63, 3.8) is 0 Å². The summed E-state index contributed by atoms with van der Waals surface area (Å²) in [5.41, 5.74) is 0.946. The van der Waals surface area contributed by atoms with Crippen LogP contribution in [0, 0.1) is 0 Å². The van der Waals surface area contributed by atoms with E-state index in [2.05, 4.69) is 4.90 Å². The van der Waals surface area contributed by atoms with Crippen LogP contribution >= 0.6 is 0 Å². The van der Waals surface area contributed by atoms with E-state index in [0.29, 0.717) is 25.5 Å². The number of ether oxygens (including phenoxy) is 1. The largest absolute Gasteiger partial charge is 0.378 e. The van der Waals surface area contributed by atoms with E-state index >= 15 is 0 Å². The summed E-state index contributed by atoms with van der Waals surface area (Å²) < 4.78 is 29.3. The van der Waals surface area contributed by atoms with Crippen LogP contribution in [0.5, 0.6) is 0 Å². The summed E-state index contributed by atoms with van der Waals surface area (Å²) in [5, 5.41) is 0. The lowest BCUT2D eigenvalue weighted by Crippen LogP contribution is -2.37. The lowest BCUT2D eigenvalue weighted by molar-refractivity contribution is 0.122. The summed E-state index contributed by atoms with van der Waals surface area (Å²) in [5.74, 6) is 2.69. The summed E-state index contributed by atoms with van der Waals surface area (Å²) in [6, 6.07) is 11.8. The van der Waals surface area contributed by atoms with Gasteiger partial charge in [-0.1, -0.05) is 30.3 Å². The quantitative estimate of drug-likeness (QED) is 0.787. The number of nitrogens with zero attached hydrogens (tertiary/aromatic N) is 4. The van der Waals surface area contributed by atoms with Gasteiger partial charge in [0.2, 0.25) is 0 Å². The Morgan fingerprint density at radius 3 is 2.56 bits per heavy atom. The second-order valence-corrected chi connectivity index (χ2v) is 9.27. The molecule has 0 bridgehead atoms. The monoisotopic (exact) mass is 388 g/mol. The molecule has 1 unspecified atom stereocenters. The van der Waals surface area contributed by atoms with E-state index in [1.54, 1.807) is 0 Å². The Morgan fingerprint density at radius 1 is 1.15 bits per heavy atom. The molecule has 0 N–H and O–H groups in total. The molecule has 3 heterocycles. The molecule has 0 spiro atoms. The minimum Gasteiger partial charge on any atom is -0.378 e. The number of benzene rings is 1. The maximum Gasteiger partial charge on any atom is 0.163 e. The summed E-state index contributed by atoms with van der Waals surface area (Å²) >= 11 is 0. The Balaban J connectivity index is 1.71. The van der Waals surface area contributed by atoms with E-state index < -0.39 is 9.84 Å². The highest BCUT2D eigenvalue weighted by Gasteiger charge is 2.32. The molecule has 0 aliphatic carbocycles. The molecule has 2 aliphatic rings. The molecular weight excluding hydrogens is 364 g/mol. The van der Waals surface area contributed by atoms with Gasteiger partial charge in [0.05, 0.1) is 24.7 Å². The zero-order chi connectivity index (χ0) is 18.9. The highest BCUT2D eigenvalue weighted by molar-refractivity contribution is 7.91. The van der Waals surface area contributed by atoms with Gasteiger partial charge in [0.1, 0.15) is 11.6 Å². The molecule has 4 rings (SSSR count). The maximum absolute atomic E-state index is 11.9. The van der Waals surface area contributed by atoms with Crippen molar-refractivity contribution in [2.75, 3.05) is 54.7 Å². The van der Waals surface area contributed by atoms with Gasteiger partial charge in [-0.3, -0.25) is 0 Å². The summed E-state index contributed by atoms with van der Waals surface area (Å²) in [6.45, 7) is 2.92. The fourth-order valence-corrected chi connectivity index (χ4v) is 5.32. The first-order valence-electron chi connectivity index (χ1n) is 9.22. The van der Waals surface area contributed by atoms with Crippen molar-refractivity contribution in [1.82, 2.24) is 9.97 Å². The molecule has 1 aromatic heterocycles. The highest BCUT2D eigenvalue weighted by atomic mass is 32.2. The first-order chi connectivity index (χ1) is 13.0. The number of hydrogen-bond acceptors (Lipinski definition) is 7. The molecule has 0 amide bonds. The smallest absolute Gasteiger partial charge is 0.163 e. The zero-order valence-electron chi connectivity index (χ0n) is 15.4. The highest BCUT2D eigenvalue weighted by Crippen LogP contribution is 2.28. The van der Waals surface area contributed by atoms with Crippen LogP contribution in [0.15, 0.2) is 36.4 Å². The first-order valence-corrected chi connectivity index (χ1v) is 11.0. The van der Waals surface area contributed by atoms with Crippen LogP contribution in [-0.2, 0) is 14.6 Å². The fraction of sp³-hybridized carbons (Fsp3) is 0.474. The second kappa shape index (κ2) is 7.44. The Labute approximate surface area is 159 Å². The van der Waals surface area contributed by atoms with Crippen molar-refractivity contribution in [3.8, 4) is 11.4 Å². The van der Waals surface area contributed by atoms with Gasteiger partial charge in [0.25, 0.3) is 0 Å². The minimum absolute atomic E-state index is 0.0499. The van der Waals surface area contributed by atoms with Crippen LogP contribution in [-0.4, -0.2) is 69.3 Å². The van der Waals surface area contributed by atoms with E-state index in [1.165, 1.54) is 0 Å². The predicted octanol–water partition coefficient (Wildman–Crippen LogP) is 1.60. The van der Waals surface area contributed by atoms with E-state index in [9.17, 15) is 8.42 Å². The topological polar surface area (TPSA) is 75.6 Å². The number of anilines is 2. The Hall–Kier alpha value is -2.19. The van der Waals surface area contributed by atoms with Gasteiger partial charge in [0, 0.05) is 37.8 Å². The molecule has 2 aromatic rings. The van der Waals surface area contributed by atoms with Crippen molar-refractivity contribution in [3.05, 3.63) is 36.4 Å². The van der Waals surface area contributed by atoms with Gasteiger partial charge >= 0.3 is 0 Å². The molecule has 2 fully saturated rings. The van der Waals surface area contributed by atoms with Crippen LogP contribution in [0.1, 0.15) is 6.42 Å². The fourth-order valence-electron chi connectivity index (χ4n) is 3.54. The molecule has 144 valence electrons. The zero-order valence-corrected chi connectivity index (χ0v) is 16.2. The van der Waals surface area contributed by atoms with Gasteiger partial charge in [-0.15, -0.1) is 0 Å². The number of hydrogen-bond donors (Lipinski definition) is 0. The first kappa shape index (κ1) is 18.2. The lowest BCUT2D eigenvalue weighted by atomic mass is 10.2. The molecule has 2 saturated heterocycles. The normalized spacial score (nSPS) is 22.0. The van der Waals surface area contributed by atoms with Gasteiger partial charge in [0.15, 0.2) is 15.7 Å². The molecule has 7 nitrogen and oxygen atoms in total. The average molecular weight is 388 g/mol. The maximum atomic E-state index is 11.9. The van der Waals surface area contributed by atoms with Gasteiger partial charge in [-0.25, -0.2) is 18.4 Å². The third-order valence-electron chi connectivity index (χ3n) is 5.18. The molecule has 0 saturated carbocycles. The molecule has 1 atom stereocenters. The Morgan fingerprint density at radius 2 is 1.89 bits per heavy atom. The lowest BCUT2D eigenvalue weighted by Gasteiger charge is -2.30. The third-order valence-corrected chi connectivity index (χ3v) is 6.93. The average Bonchev–Trinajstić information content (AvgIpc) is 3.08. The van der Waals surface area contributed by atoms with Crippen LogP contribution < -0.4 is 9.80 Å². The van der Waals surface area contributed by atoms with Gasteiger partial charge in [-0.05, 0) is 6.42 Å². The number of sulfone groups is 1. The molecule has 27 heavy (non-hydrogen) atoms. The Bertz CT molecular complexity index is 898. The van der Waals surface area contributed by atoms with Crippen molar-refractivity contribution in [1.29, 1.82) is 0 Å². The predicted molar refractivity (Wildman–Crippen MR) is 106 cm³/mol. The molecular formula is C19H24N4O3S. The van der Waals surface area contributed by atoms with Crippen molar-refractivity contribution >= 4 is 21.5 Å². The van der Waals surface area contributed by atoms with E-state index in [-0.39, 0.29) is 17.5 Å². The SMILES string of the molecule is CN(c1cc(N2CCOCC2)nc(-c2ccccc2)n1)C1CCS(=O)(=O)C1. The summed E-state index contributed by atoms with van der Waals surface area (Å²) in [7, 11) is -1.03. The number of rotatable bonds is 4. The second-order valence-electron chi connectivity index (χ2n) is 7.04. The number of morpholine rings is 1. The van der Waals surface area contributed by atoms with Crippen LogP contribution in [0.4, 0.5) is 11.6 Å². The van der Waals surface area contributed by atoms with E-state index in [1.807, 2.05) is 48.3 Å². The molecule has 1 aromatic carbocycles. The van der Waals surface area contributed by atoms with E-state index in [4.69, 9.17) is 14.7 Å². The van der Waals surface area contributed by atoms with Crippen molar-refractivity contribution in [2.24, 2.45) is 0 Å². The standard InChI is InChI=1S/C19H24N4O3S/c1-22(16-7-12-27(24,25)14-16)17-13-18(23-8-10-26-11-9-23)21-19(20-17)15-5-3-2-4-6-15/h2-6,13,16H,7-12,14H2,1H3. The third kappa shape index (κ3) is 4.06. The van der Waals surface area contributed by atoms with Crippen molar-refractivity contribution in [2.45, 2.75) is 12.5 Å². The van der Waals surface area contributed by atoms with Crippen LogP contribution in [0.25, 0.3) is 11.4 Å². The van der Waals surface area contributed by atoms with Gasteiger partial charge < -0.3 is 14.5 Å². The van der Waals surface area contributed by atoms with Crippen LogP contribution in [0.2, 0.25) is 0 Å². The minimum atomic E-state index is -2.95. The number of aromatic nitrogens is 2. The molecule has 2 aliphatic heterocycles. The van der Waals surface area contributed by atoms with Gasteiger partial charge in [-0.2, -0.15) is 0 Å². The van der Waals surface area contributed by atoms with Crippen LogP contribution in [0.3, 0.4) is 0 Å². The summed E-state index contributed by atoms with van der Waals surface area (Å²) in [4.78, 5) is 13.7. The van der Waals surface area contributed by atoms with Crippen molar-refractivity contribution < 1.29 is 13.2 Å².